The molecule has 0 aliphatic heterocycles. The number of carbonyl (C=O) groups is 1. The smallest absolute Gasteiger partial charge is 0.294 e. The van der Waals surface area contributed by atoms with E-state index >= 15 is 0 Å². The monoisotopic (exact) mass is 189 g/mol. The van der Waals surface area contributed by atoms with Crippen LogP contribution in [-0.4, -0.2) is 5.78 Å². The SMILES string of the molecule is CCC(C)C(=O)c1ccccc1[N+]#N. The number of carbonyl (C=O) groups excluding carboxylic acids is 1. The van der Waals surface area contributed by atoms with Crippen LogP contribution in [0.15, 0.2) is 24.3 Å². The van der Waals surface area contributed by atoms with Crippen LogP contribution in [0.1, 0.15) is 30.6 Å². The first-order valence-electron chi connectivity index (χ1n) is 4.69. The van der Waals surface area contributed by atoms with E-state index in [-0.39, 0.29) is 11.7 Å². The van der Waals surface area contributed by atoms with Crippen LogP contribution in [0.3, 0.4) is 0 Å². The summed E-state index contributed by atoms with van der Waals surface area (Å²) in [6.07, 6.45) is 0.790. The van der Waals surface area contributed by atoms with Crippen molar-refractivity contribution in [2.75, 3.05) is 0 Å². The molecule has 0 fully saturated rings. The van der Waals surface area contributed by atoms with E-state index in [1.807, 2.05) is 13.8 Å². The summed E-state index contributed by atoms with van der Waals surface area (Å²) < 4.78 is 0. The van der Waals surface area contributed by atoms with E-state index in [0.29, 0.717) is 11.3 Å². The topological polar surface area (TPSA) is 45.2 Å². The molecule has 0 bridgehead atoms. The summed E-state index contributed by atoms with van der Waals surface area (Å²) in [5, 5.41) is 8.69. The van der Waals surface area contributed by atoms with Crippen LogP contribution in [-0.2, 0) is 0 Å². The van der Waals surface area contributed by atoms with Gasteiger partial charge in [0.1, 0.15) is 5.56 Å². The molecule has 72 valence electrons. The zero-order valence-electron chi connectivity index (χ0n) is 8.40. The standard InChI is InChI=1S/C11H13N2O/c1-3-8(2)11(14)9-6-4-5-7-10(9)13-12/h4-8H,3H2,1-2H3/q+1. The van der Waals surface area contributed by atoms with Crippen molar-refractivity contribution in [3.05, 3.63) is 34.8 Å². The Kier molecular flexibility index (Phi) is 3.35. The van der Waals surface area contributed by atoms with E-state index in [4.69, 9.17) is 5.39 Å². The van der Waals surface area contributed by atoms with Crippen LogP contribution in [0.4, 0.5) is 5.69 Å². The van der Waals surface area contributed by atoms with E-state index in [1.54, 1.807) is 24.3 Å². The molecule has 14 heavy (non-hydrogen) atoms. The maximum absolute atomic E-state index is 11.8. The molecule has 3 heteroatoms. The molecule has 1 atom stereocenters. The zero-order chi connectivity index (χ0) is 10.6. The molecule has 0 aliphatic rings. The Morgan fingerprint density at radius 3 is 2.71 bits per heavy atom. The van der Waals surface area contributed by atoms with Gasteiger partial charge in [-0.15, -0.1) is 0 Å². The molecule has 0 spiro atoms. The zero-order valence-corrected chi connectivity index (χ0v) is 8.40. The van der Waals surface area contributed by atoms with Crippen molar-refractivity contribution in [3.8, 4) is 0 Å². The van der Waals surface area contributed by atoms with Crippen LogP contribution in [0.5, 0.6) is 0 Å². The summed E-state index contributed by atoms with van der Waals surface area (Å²) in [6.45, 7) is 3.83. The minimum absolute atomic E-state index is 0.0286. The molecule has 1 aromatic carbocycles. The fourth-order valence-corrected chi connectivity index (χ4v) is 1.22. The predicted molar refractivity (Wildman–Crippen MR) is 55.0 cm³/mol. The number of hydrogen-bond acceptors (Lipinski definition) is 2. The third-order valence-corrected chi connectivity index (χ3v) is 2.34. The van der Waals surface area contributed by atoms with E-state index in [0.717, 1.165) is 6.42 Å². The fourth-order valence-electron chi connectivity index (χ4n) is 1.22. The van der Waals surface area contributed by atoms with Crippen LogP contribution in [0.2, 0.25) is 0 Å². The Morgan fingerprint density at radius 1 is 1.50 bits per heavy atom. The van der Waals surface area contributed by atoms with Crippen molar-refractivity contribution in [1.82, 2.24) is 0 Å². The Balaban J connectivity index is 3.08. The molecule has 1 aromatic rings. The highest BCUT2D eigenvalue weighted by Crippen LogP contribution is 2.22. The number of hydrogen-bond donors (Lipinski definition) is 0. The van der Waals surface area contributed by atoms with E-state index in [9.17, 15) is 4.79 Å². The van der Waals surface area contributed by atoms with Gasteiger partial charge in [0.05, 0.1) is 0 Å². The highest BCUT2D eigenvalue weighted by atomic mass is 16.1. The lowest BCUT2D eigenvalue weighted by Crippen LogP contribution is -2.09. The quantitative estimate of drug-likeness (QED) is 0.540. The molecule has 0 N–H and O–H groups in total. The van der Waals surface area contributed by atoms with Gasteiger partial charge in [0.25, 0.3) is 0 Å². The molecule has 1 rings (SSSR count). The second-order valence-electron chi connectivity index (χ2n) is 3.29. The first-order valence-corrected chi connectivity index (χ1v) is 4.69. The maximum atomic E-state index is 11.8. The lowest BCUT2D eigenvalue weighted by atomic mass is 9.96. The van der Waals surface area contributed by atoms with E-state index in [1.165, 1.54) is 0 Å². The second kappa shape index (κ2) is 4.52. The van der Waals surface area contributed by atoms with Crippen molar-refractivity contribution >= 4 is 11.5 Å². The Morgan fingerprint density at radius 2 is 2.14 bits per heavy atom. The lowest BCUT2D eigenvalue weighted by molar-refractivity contribution is 0.0928. The molecular weight excluding hydrogens is 176 g/mol. The summed E-state index contributed by atoms with van der Waals surface area (Å²) in [5.41, 5.74) is 0.835. The molecule has 0 aliphatic carbocycles. The van der Waals surface area contributed by atoms with Crippen molar-refractivity contribution < 1.29 is 4.79 Å². The largest absolute Gasteiger partial charge is 0.395 e. The number of diazo groups is 1. The number of benzene rings is 1. The van der Waals surface area contributed by atoms with Gasteiger partial charge in [0.15, 0.2) is 10.8 Å². The van der Waals surface area contributed by atoms with Crippen molar-refractivity contribution in [3.63, 3.8) is 0 Å². The normalized spacial score (nSPS) is 11.8. The maximum Gasteiger partial charge on any atom is 0.395 e. The van der Waals surface area contributed by atoms with Gasteiger partial charge in [-0.25, -0.2) is 0 Å². The molecule has 3 nitrogen and oxygen atoms in total. The number of rotatable bonds is 3. The summed E-state index contributed by atoms with van der Waals surface area (Å²) in [4.78, 5) is 14.9. The first kappa shape index (κ1) is 10.4. The van der Waals surface area contributed by atoms with Crippen molar-refractivity contribution in [1.29, 1.82) is 5.39 Å². The van der Waals surface area contributed by atoms with Gasteiger partial charge in [0, 0.05) is 12.0 Å². The van der Waals surface area contributed by atoms with E-state index in [2.05, 4.69) is 4.98 Å². The molecule has 0 saturated heterocycles. The molecule has 0 aromatic heterocycles. The average molecular weight is 189 g/mol. The van der Waals surface area contributed by atoms with Gasteiger partial charge >= 0.3 is 5.69 Å². The first-order chi connectivity index (χ1) is 6.70. The Hall–Kier alpha value is -1.69. The third kappa shape index (κ3) is 1.97. The van der Waals surface area contributed by atoms with Crippen LogP contribution in [0.25, 0.3) is 4.98 Å². The van der Waals surface area contributed by atoms with Crippen LogP contribution < -0.4 is 0 Å². The van der Waals surface area contributed by atoms with Crippen LogP contribution in [0, 0.1) is 11.3 Å². The Labute approximate surface area is 83.4 Å². The summed E-state index contributed by atoms with van der Waals surface area (Å²) in [6, 6.07) is 6.81. The molecule has 0 heterocycles. The van der Waals surface area contributed by atoms with Crippen molar-refractivity contribution in [2.45, 2.75) is 20.3 Å². The predicted octanol–water partition coefficient (Wildman–Crippen LogP) is 3.40. The molecule has 0 saturated carbocycles. The van der Waals surface area contributed by atoms with Crippen LogP contribution >= 0.6 is 0 Å². The van der Waals surface area contributed by atoms with E-state index < -0.39 is 0 Å². The van der Waals surface area contributed by atoms with Gasteiger partial charge in [-0.1, -0.05) is 26.0 Å². The molecule has 1 unspecified atom stereocenters. The Bertz CT molecular complexity index is 379. The molecule has 0 radical (unpaired) electrons. The minimum Gasteiger partial charge on any atom is -0.294 e. The summed E-state index contributed by atoms with van der Waals surface area (Å²) >= 11 is 0. The van der Waals surface area contributed by atoms with Gasteiger partial charge in [0.2, 0.25) is 5.39 Å². The minimum atomic E-state index is -0.0297. The third-order valence-electron chi connectivity index (χ3n) is 2.34. The number of nitrogens with zero attached hydrogens (tertiary/aromatic N) is 2. The number of Topliss-reactive ketones (excluding diaryl/α,β-unsaturated/α-hetero) is 1. The lowest BCUT2D eigenvalue weighted by Gasteiger charge is -2.04. The van der Waals surface area contributed by atoms with Gasteiger partial charge in [-0.3, -0.25) is 4.79 Å². The molecule has 0 amide bonds. The van der Waals surface area contributed by atoms with Gasteiger partial charge < -0.3 is 0 Å². The highest BCUT2D eigenvalue weighted by Gasteiger charge is 2.22. The summed E-state index contributed by atoms with van der Waals surface area (Å²) in [5.74, 6) is -0.00111. The average Bonchev–Trinajstić information content (AvgIpc) is 2.26. The van der Waals surface area contributed by atoms with Crippen molar-refractivity contribution in [2.24, 2.45) is 5.92 Å². The number of ketones is 1. The van der Waals surface area contributed by atoms with Gasteiger partial charge in [-0.05, 0) is 12.5 Å². The van der Waals surface area contributed by atoms with Gasteiger partial charge in [-0.2, -0.15) is 0 Å². The highest BCUT2D eigenvalue weighted by molar-refractivity contribution is 6.02. The fraction of sp³-hybridized carbons (Fsp3) is 0.364. The summed E-state index contributed by atoms with van der Waals surface area (Å²) in [7, 11) is 0. The second-order valence-corrected chi connectivity index (χ2v) is 3.29. The molecular formula is C11H13N2O+.